The Morgan fingerprint density at radius 1 is 1.64 bits per heavy atom. The van der Waals surface area contributed by atoms with E-state index in [0.717, 1.165) is 5.75 Å². The number of thioether (sulfide) groups is 1. The number of hydrogen-bond acceptors (Lipinski definition) is 4. The standard InChI is InChI=1S/C9H11NO3S/c1-13-5-6-14-8-4-2-3-7(10-8)9(11)12/h2-4H,5-6H2,1H3,(H,11,12). The summed E-state index contributed by atoms with van der Waals surface area (Å²) in [6.45, 7) is 0.629. The van der Waals surface area contributed by atoms with E-state index in [2.05, 4.69) is 4.98 Å². The van der Waals surface area contributed by atoms with Gasteiger partial charge in [-0.05, 0) is 12.1 Å². The van der Waals surface area contributed by atoms with Crippen molar-refractivity contribution in [2.24, 2.45) is 0 Å². The molecule has 1 heterocycles. The van der Waals surface area contributed by atoms with Crippen LogP contribution >= 0.6 is 11.8 Å². The number of rotatable bonds is 5. The van der Waals surface area contributed by atoms with Crippen LogP contribution in [0, 0.1) is 0 Å². The first-order valence-electron chi connectivity index (χ1n) is 4.06. The maximum absolute atomic E-state index is 10.6. The predicted octanol–water partition coefficient (Wildman–Crippen LogP) is 1.52. The fourth-order valence-electron chi connectivity index (χ4n) is 0.844. The maximum Gasteiger partial charge on any atom is 0.354 e. The van der Waals surface area contributed by atoms with E-state index in [1.54, 1.807) is 19.2 Å². The Hall–Kier alpha value is -1.07. The van der Waals surface area contributed by atoms with Gasteiger partial charge in [-0.15, -0.1) is 11.8 Å². The minimum absolute atomic E-state index is 0.0763. The van der Waals surface area contributed by atoms with Gasteiger partial charge in [0.2, 0.25) is 0 Å². The Balaban J connectivity index is 2.59. The van der Waals surface area contributed by atoms with Crippen LogP contribution in [0.3, 0.4) is 0 Å². The molecule has 1 N–H and O–H groups in total. The highest BCUT2D eigenvalue weighted by molar-refractivity contribution is 7.99. The van der Waals surface area contributed by atoms with Gasteiger partial charge in [-0.25, -0.2) is 9.78 Å². The summed E-state index contributed by atoms with van der Waals surface area (Å²) in [6, 6.07) is 4.95. The Kier molecular flexibility index (Phi) is 4.42. The highest BCUT2D eigenvalue weighted by Crippen LogP contribution is 2.14. The summed E-state index contributed by atoms with van der Waals surface area (Å²) in [5, 5.41) is 9.39. The van der Waals surface area contributed by atoms with E-state index < -0.39 is 5.97 Å². The molecule has 0 saturated heterocycles. The minimum atomic E-state index is -1.00. The molecule has 1 aromatic heterocycles. The number of carboxylic acids is 1. The van der Waals surface area contributed by atoms with Crippen LogP contribution in [-0.4, -0.2) is 35.5 Å². The second-order valence-electron chi connectivity index (χ2n) is 2.51. The van der Waals surface area contributed by atoms with E-state index in [4.69, 9.17) is 9.84 Å². The number of aromatic carboxylic acids is 1. The summed E-state index contributed by atoms with van der Waals surface area (Å²) in [5.74, 6) is -0.230. The molecule has 0 bridgehead atoms. The van der Waals surface area contributed by atoms with E-state index in [-0.39, 0.29) is 5.69 Å². The molecule has 0 aromatic carbocycles. The van der Waals surface area contributed by atoms with Crippen molar-refractivity contribution in [1.29, 1.82) is 0 Å². The normalized spacial score (nSPS) is 10.1. The fourth-order valence-corrected chi connectivity index (χ4v) is 1.64. The molecule has 5 heteroatoms. The van der Waals surface area contributed by atoms with E-state index >= 15 is 0 Å². The number of hydrogen-bond donors (Lipinski definition) is 1. The van der Waals surface area contributed by atoms with Crippen LogP contribution in [-0.2, 0) is 4.74 Å². The molecule has 14 heavy (non-hydrogen) atoms. The van der Waals surface area contributed by atoms with Crippen LogP contribution in [0.2, 0.25) is 0 Å². The van der Waals surface area contributed by atoms with Crippen molar-refractivity contribution in [2.45, 2.75) is 5.03 Å². The fraction of sp³-hybridized carbons (Fsp3) is 0.333. The van der Waals surface area contributed by atoms with Crippen LogP contribution in [0.4, 0.5) is 0 Å². The number of carboxylic acid groups (broad SMARTS) is 1. The lowest BCUT2D eigenvalue weighted by Gasteiger charge is -2.00. The summed E-state index contributed by atoms with van der Waals surface area (Å²) in [7, 11) is 1.63. The third-order valence-corrected chi connectivity index (χ3v) is 2.37. The number of ether oxygens (including phenoxy) is 1. The SMILES string of the molecule is COCCSc1cccc(C(=O)O)n1. The number of aromatic nitrogens is 1. The van der Waals surface area contributed by atoms with Gasteiger partial charge in [0.15, 0.2) is 0 Å². The van der Waals surface area contributed by atoms with Gasteiger partial charge in [-0.1, -0.05) is 6.07 Å². The van der Waals surface area contributed by atoms with Gasteiger partial charge in [0.1, 0.15) is 5.69 Å². The van der Waals surface area contributed by atoms with Crippen molar-refractivity contribution < 1.29 is 14.6 Å². The second kappa shape index (κ2) is 5.62. The summed E-state index contributed by atoms with van der Waals surface area (Å²) < 4.78 is 4.88. The largest absolute Gasteiger partial charge is 0.477 e. The van der Waals surface area contributed by atoms with E-state index in [1.165, 1.54) is 17.8 Å². The molecule has 0 fully saturated rings. The van der Waals surface area contributed by atoms with Crippen LogP contribution in [0.5, 0.6) is 0 Å². The highest BCUT2D eigenvalue weighted by atomic mass is 32.2. The summed E-state index contributed by atoms with van der Waals surface area (Å²) in [5.41, 5.74) is 0.0763. The zero-order chi connectivity index (χ0) is 10.4. The van der Waals surface area contributed by atoms with Gasteiger partial charge in [0, 0.05) is 12.9 Å². The molecule has 0 aliphatic carbocycles. The second-order valence-corrected chi connectivity index (χ2v) is 3.62. The zero-order valence-corrected chi connectivity index (χ0v) is 8.58. The average Bonchev–Trinajstić information content (AvgIpc) is 2.19. The predicted molar refractivity (Wildman–Crippen MR) is 53.8 cm³/mol. The van der Waals surface area contributed by atoms with Gasteiger partial charge in [0.25, 0.3) is 0 Å². The third-order valence-electron chi connectivity index (χ3n) is 1.48. The van der Waals surface area contributed by atoms with Crippen molar-refractivity contribution in [1.82, 2.24) is 4.98 Å². The van der Waals surface area contributed by atoms with E-state index in [1.807, 2.05) is 0 Å². The van der Waals surface area contributed by atoms with Gasteiger partial charge < -0.3 is 9.84 Å². The lowest BCUT2D eigenvalue weighted by Crippen LogP contribution is -2.00. The molecule has 1 aromatic rings. The number of carbonyl (C=O) groups is 1. The van der Waals surface area contributed by atoms with Crippen molar-refractivity contribution in [2.75, 3.05) is 19.5 Å². The molecule has 0 unspecified atom stereocenters. The first kappa shape index (κ1) is 11.0. The van der Waals surface area contributed by atoms with Gasteiger partial charge >= 0.3 is 5.97 Å². The number of methoxy groups -OCH3 is 1. The first-order valence-corrected chi connectivity index (χ1v) is 5.04. The average molecular weight is 213 g/mol. The molecule has 0 radical (unpaired) electrons. The van der Waals surface area contributed by atoms with Gasteiger partial charge in [-0.2, -0.15) is 0 Å². The Labute approximate surface area is 86.3 Å². The smallest absolute Gasteiger partial charge is 0.354 e. The third kappa shape index (κ3) is 3.35. The molecule has 0 aliphatic heterocycles. The molecule has 0 amide bonds. The first-order chi connectivity index (χ1) is 6.74. The van der Waals surface area contributed by atoms with Gasteiger partial charge in [-0.3, -0.25) is 0 Å². The van der Waals surface area contributed by atoms with Crippen LogP contribution in [0.1, 0.15) is 10.5 Å². The van der Waals surface area contributed by atoms with Crippen LogP contribution in [0.25, 0.3) is 0 Å². The lowest BCUT2D eigenvalue weighted by atomic mass is 10.4. The minimum Gasteiger partial charge on any atom is -0.477 e. The van der Waals surface area contributed by atoms with E-state index in [9.17, 15) is 4.79 Å². The van der Waals surface area contributed by atoms with Crippen molar-refractivity contribution in [3.05, 3.63) is 23.9 Å². The molecule has 1 rings (SSSR count). The Morgan fingerprint density at radius 3 is 3.07 bits per heavy atom. The molecule has 0 saturated carbocycles. The molecule has 0 aliphatic rings. The van der Waals surface area contributed by atoms with Crippen molar-refractivity contribution in [3.8, 4) is 0 Å². The molecule has 0 spiro atoms. The van der Waals surface area contributed by atoms with Crippen LogP contribution < -0.4 is 0 Å². The topological polar surface area (TPSA) is 59.4 Å². The number of nitrogens with zero attached hydrogens (tertiary/aromatic N) is 1. The molecular weight excluding hydrogens is 202 g/mol. The highest BCUT2D eigenvalue weighted by Gasteiger charge is 2.04. The molecule has 76 valence electrons. The van der Waals surface area contributed by atoms with Crippen LogP contribution in [0.15, 0.2) is 23.2 Å². The quantitative estimate of drug-likeness (QED) is 0.593. The van der Waals surface area contributed by atoms with Crippen molar-refractivity contribution in [3.63, 3.8) is 0 Å². The molecule has 0 atom stereocenters. The molecule has 4 nitrogen and oxygen atoms in total. The van der Waals surface area contributed by atoms with E-state index in [0.29, 0.717) is 11.6 Å². The zero-order valence-electron chi connectivity index (χ0n) is 7.77. The maximum atomic E-state index is 10.6. The Morgan fingerprint density at radius 2 is 2.43 bits per heavy atom. The lowest BCUT2D eigenvalue weighted by molar-refractivity contribution is 0.0689. The number of pyridine rings is 1. The summed E-state index contributed by atoms with van der Waals surface area (Å²) >= 11 is 1.48. The van der Waals surface area contributed by atoms with Gasteiger partial charge in [0.05, 0.1) is 11.6 Å². The Bertz CT molecular complexity index is 317. The summed E-state index contributed by atoms with van der Waals surface area (Å²) in [4.78, 5) is 14.5. The monoisotopic (exact) mass is 213 g/mol. The van der Waals surface area contributed by atoms with Crippen molar-refractivity contribution >= 4 is 17.7 Å². The molecular formula is C9H11NO3S. The summed E-state index contributed by atoms with van der Waals surface area (Å²) in [6.07, 6.45) is 0.